The van der Waals surface area contributed by atoms with Crippen LogP contribution in [0.25, 0.3) is 0 Å². The van der Waals surface area contributed by atoms with Crippen LogP contribution in [0, 0.1) is 25.2 Å². The predicted octanol–water partition coefficient (Wildman–Crippen LogP) is 2.24. The summed E-state index contributed by atoms with van der Waals surface area (Å²) in [6.07, 6.45) is 2.54. The highest BCUT2D eigenvalue weighted by molar-refractivity contribution is 7.99. The Kier molecular flexibility index (Phi) is 3.97. The molecule has 1 fully saturated rings. The standard InChI is InChI=1S/C12H15N3OS/c1-8-9(2)14-15-12(11(8)6-13)17-7-10-4-3-5-16-10/h10H,3-5,7H2,1-2H3/t10-/m0/s1. The van der Waals surface area contributed by atoms with Gasteiger partial charge in [-0.1, -0.05) is 0 Å². The molecule has 4 nitrogen and oxygen atoms in total. The van der Waals surface area contributed by atoms with Gasteiger partial charge in [0, 0.05) is 12.4 Å². The normalized spacial score (nSPS) is 19.2. The third-order valence-corrected chi connectivity index (χ3v) is 4.06. The Balaban J connectivity index is 2.10. The minimum atomic E-state index is 0.301. The minimum absolute atomic E-state index is 0.301. The summed E-state index contributed by atoms with van der Waals surface area (Å²) in [4.78, 5) is 0. The van der Waals surface area contributed by atoms with Gasteiger partial charge >= 0.3 is 0 Å². The lowest BCUT2D eigenvalue weighted by molar-refractivity contribution is 0.129. The van der Waals surface area contributed by atoms with E-state index in [4.69, 9.17) is 10.00 Å². The minimum Gasteiger partial charge on any atom is -0.377 e. The fourth-order valence-corrected chi connectivity index (χ4v) is 2.82. The molecule has 2 rings (SSSR count). The van der Waals surface area contributed by atoms with Crippen molar-refractivity contribution < 1.29 is 4.74 Å². The Morgan fingerprint density at radius 2 is 2.29 bits per heavy atom. The van der Waals surface area contributed by atoms with Gasteiger partial charge in [0.1, 0.15) is 11.1 Å². The third kappa shape index (κ3) is 2.76. The quantitative estimate of drug-likeness (QED) is 0.769. The van der Waals surface area contributed by atoms with Crippen LogP contribution in [0.15, 0.2) is 5.03 Å². The summed E-state index contributed by atoms with van der Waals surface area (Å²) < 4.78 is 5.55. The molecule has 1 aliphatic rings. The van der Waals surface area contributed by atoms with Gasteiger partial charge in [-0.3, -0.25) is 0 Å². The molecule has 0 amide bonds. The Hall–Kier alpha value is -1.12. The fraction of sp³-hybridized carbons (Fsp3) is 0.583. The first-order valence-corrected chi connectivity index (χ1v) is 6.69. The molecule has 0 aromatic carbocycles. The average Bonchev–Trinajstić information content (AvgIpc) is 2.83. The summed E-state index contributed by atoms with van der Waals surface area (Å²) in [7, 11) is 0. The SMILES string of the molecule is Cc1nnc(SC[C@@H]2CCCO2)c(C#N)c1C. The first-order chi connectivity index (χ1) is 8.22. The van der Waals surface area contributed by atoms with Crippen molar-refractivity contribution in [3.8, 4) is 6.07 Å². The van der Waals surface area contributed by atoms with Crippen LogP contribution < -0.4 is 0 Å². The highest BCUT2D eigenvalue weighted by atomic mass is 32.2. The molecule has 1 aromatic heterocycles. The largest absolute Gasteiger partial charge is 0.377 e. The van der Waals surface area contributed by atoms with E-state index in [0.29, 0.717) is 11.7 Å². The smallest absolute Gasteiger partial charge is 0.137 e. The maximum absolute atomic E-state index is 9.15. The van der Waals surface area contributed by atoms with Crippen molar-refractivity contribution in [3.05, 3.63) is 16.8 Å². The Morgan fingerprint density at radius 1 is 1.47 bits per heavy atom. The molecule has 1 aromatic rings. The summed E-state index contributed by atoms with van der Waals surface area (Å²) in [5, 5.41) is 18.1. The molecule has 1 aliphatic heterocycles. The van der Waals surface area contributed by atoms with Gasteiger partial charge in [0.25, 0.3) is 0 Å². The van der Waals surface area contributed by atoms with Gasteiger partial charge in [-0.2, -0.15) is 10.4 Å². The number of hydrogen-bond donors (Lipinski definition) is 0. The molecule has 2 heterocycles. The summed E-state index contributed by atoms with van der Waals surface area (Å²) in [5.41, 5.74) is 2.40. The van der Waals surface area contributed by atoms with Crippen molar-refractivity contribution in [1.29, 1.82) is 5.26 Å². The van der Waals surface area contributed by atoms with Crippen molar-refractivity contribution in [3.63, 3.8) is 0 Å². The first kappa shape index (κ1) is 12.3. The van der Waals surface area contributed by atoms with Gasteiger partial charge in [-0.15, -0.1) is 16.9 Å². The zero-order valence-corrected chi connectivity index (χ0v) is 10.9. The van der Waals surface area contributed by atoms with Crippen LogP contribution in [0.4, 0.5) is 0 Å². The molecule has 5 heteroatoms. The maximum atomic E-state index is 9.15. The second-order valence-electron chi connectivity index (χ2n) is 4.15. The molecule has 0 spiro atoms. The van der Waals surface area contributed by atoms with Crippen LogP contribution >= 0.6 is 11.8 Å². The molecular weight excluding hydrogens is 234 g/mol. The number of hydrogen-bond acceptors (Lipinski definition) is 5. The van der Waals surface area contributed by atoms with Crippen molar-refractivity contribution >= 4 is 11.8 Å². The van der Waals surface area contributed by atoms with Crippen molar-refractivity contribution in [1.82, 2.24) is 10.2 Å². The lowest BCUT2D eigenvalue weighted by Gasteiger charge is -2.10. The highest BCUT2D eigenvalue weighted by Gasteiger charge is 2.18. The van der Waals surface area contributed by atoms with E-state index in [1.807, 2.05) is 13.8 Å². The van der Waals surface area contributed by atoms with Gasteiger partial charge in [0.2, 0.25) is 0 Å². The Bertz CT molecular complexity index is 450. The van der Waals surface area contributed by atoms with Crippen molar-refractivity contribution in [2.75, 3.05) is 12.4 Å². The number of nitrogens with zero attached hydrogens (tertiary/aromatic N) is 3. The van der Waals surface area contributed by atoms with Crippen LogP contribution in [0.1, 0.15) is 29.7 Å². The van der Waals surface area contributed by atoms with Crippen LogP contribution in [0.5, 0.6) is 0 Å². The summed E-state index contributed by atoms with van der Waals surface area (Å²) >= 11 is 1.57. The van der Waals surface area contributed by atoms with Crippen LogP contribution in [-0.4, -0.2) is 28.7 Å². The fourth-order valence-electron chi connectivity index (χ4n) is 1.77. The molecule has 1 atom stereocenters. The molecule has 1 saturated heterocycles. The molecule has 0 saturated carbocycles. The van der Waals surface area contributed by atoms with Crippen LogP contribution in [0.3, 0.4) is 0 Å². The zero-order valence-electron chi connectivity index (χ0n) is 10.1. The van der Waals surface area contributed by atoms with Crippen LogP contribution in [0.2, 0.25) is 0 Å². The summed E-state index contributed by atoms with van der Waals surface area (Å²) in [6.45, 7) is 4.64. The Labute approximate surface area is 105 Å². The number of ether oxygens (including phenoxy) is 1. The Morgan fingerprint density at radius 3 is 2.94 bits per heavy atom. The number of thioether (sulfide) groups is 1. The molecule has 0 aliphatic carbocycles. The molecule has 0 unspecified atom stereocenters. The van der Waals surface area contributed by atoms with E-state index in [2.05, 4.69) is 16.3 Å². The molecule has 90 valence electrons. The number of aromatic nitrogens is 2. The number of aryl methyl sites for hydroxylation is 1. The van der Waals surface area contributed by atoms with E-state index >= 15 is 0 Å². The number of nitriles is 1. The summed E-state index contributed by atoms with van der Waals surface area (Å²) in [6, 6.07) is 2.22. The topological polar surface area (TPSA) is 58.8 Å². The second-order valence-corrected chi connectivity index (χ2v) is 5.16. The molecule has 0 bridgehead atoms. The highest BCUT2D eigenvalue weighted by Crippen LogP contribution is 2.26. The van der Waals surface area contributed by atoms with Gasteiger partial charge in [-0.25, -0.2) is 0 Å². The molecule has 0 N–H and O–H groups in total. The van der Waals surface area contributed by atoms with Gasteiger partial charge in [0.05, 0.1) is 17.4 Å². The third-order valence-electron chi connectivity index (χ3n) is 2.96. The summed E-state index contributed by atoms with van der Waals surface area (Å²) in [5.74, 6) is 0.853. The molecule has 17 heavy (non-hydrogen) atoms. The van der Waals surface area contributed by atoms with E-state index in [1.165, 1.54) is 0 Å². The maximum Gasteiger partial charge on any atom is 0.137 e. The zero-order chi connectivity index (χ0) is 12.3. The van der Waals surface area contributed by atoms with E-state index in [1.54, 1.807) is 11.8 Å². The first-order valence-electron chi connectivity index (χ1n) is 5.70. The molecule has 0 radical (unpaired) electrons. The van der Waals surface area contributed by atoms with E-state index in [9.17, 15) is 0 Å². The molecular formula is C12H15N3OS. The lowest BCUT2D eigenvalue weighted by Crippen LogP contribution is -2.09. The predicted molar refractivity (Wildman–Crippen MR) is 65.9 cm³/mol. The monoisotopic (exact) mass is 249 g/mol. The second kappa shape index (κ2) is 5.48. The van der Waals surface area contributed by atoms with Gasteiger partial charge < -0.3 is 4.74 Å². The number of rotatable bonds is 3. The van der Waals surface area contributed by atoms with Gasteiger partial charge in [-0.05, 0) is 32.3 Å². The van der Waals surface area contributed by atoms with Crippen molar-refractivity contribution in [2.24, 2.45) is 0 Å². The lowest BCUT2D eigenvalue weighted by atomic mass is 10.1. The van der Waals surface area contributed by atoms with E-state index in [0.717, 1.165) is 41.5 Å². The van der Waals surface area contributed by atoms with E-state index < -0.39 is 0 Å². The van der Waals surface area contributed by atoms with Gasteiger partial charge in [0.15, 0.2) is 0 Å². The average molecular weight is 249 g/mol. The van der Waals surface area contributed by atoms with Crippen LogP contribution in [-0.2, 0) is 4.74 Å². The van der Waals surface area contributed by atoms with Crippen molar-refractivity contribution in [2.45, 2.75) is 37.8 Å². The van der Waals surface area contributed by atoms with E-state index in [-0.39, 0.29) is 0 Å².